The van der Waals surface area contributed by atoms with Crippen molar-refractivity contribution in [2.24, 2.45) is 5.92 Å². The van der Waals surface area contributed by atoms with Gasteiger partial charge in [0.1, 0.15) is 6.04 Å². The summed E-state index contributed by atoms with van der Waals surface area (Å²) >= 11 is 7.22. The van der Waals surface area contributed by atoms with Crippen LogP contribution in [0.25, 0.3) is 0 Å². The first-order chi connectivity index (χ1) is 9.35. The second-order valence-electron chi connectivity index (χ2n) is 4.68. The Morgan fingerprint density at radius 1 is 1.35 bits per heavy atom. The van der Waals surface area contributed by atoms with E-state index in [4.69, 9.17) is 16.7 Å². The number of hydrogen-bond acceptors (Lipinski definition) is 3. The van der Waals surface area contributed by atoms with Gasteiger partial charge in [0.15, 0.2) is 0 Å². The highest BCUT2D eigenvalue weighted by atomic mass is 35.5. The van der Waals surface area contributed by atoms with Crippen LogP contribution in [0.3, 0.4) is 0 Å². The van der Waals surface area contributed by atoms with E-state index in [1.165, 1.54) is 11.3 Å². The van der Waals surface area contributed by atoms with Gasteiger partial charge in [-0.1, -0.05) is 31.9 Å². The number of carboxylic acids is 1. The number of nitrogens with one attached hydrogen (secondary N) is 2. The molecule has 7 heteroatoms. The van der Waals surface area contributed by atoms with Crippen LogP contribution in [-0.2, 0) is 4.79 Å². The largest absolute Gasteiger partial charge is 0.480 e. The standard InChI is InChI=1S/C13H19ClN2O3S/c1-4-7(2)11(12(17)18)16-13(19)15-8(3)9-5-6-10(14)20-9/h5-8,11H,4H2,1-3H3,(H,17,18)(H2,15,16,19)/t7?,8?,11-/m0/s1. The Balaban J connectivity index is 2.59. The summed E-state index contributed by atoms with van der Waals surface area (Å²) in [5.41, 5.74) is 0. The monoisotopic (exact) mass is 318 g/mol. The molecule has 1 aromatic heterocycles. The molecule has 5 nitrogen and oxygen atoms in total. The molecule has 112 valence electrons. The maximum Gasteiger partial charge on any atom is 0.326 e. The summed E-state index contributed by atoms with van der Waals surface area (Å²) in [6, 6.07) is 1.99. The summed E-state index contributed by atoms with van der Waals surface area (Å²) in [7, 11) is 0. The molecule has 1 rings (SSSR count). The summed E-state index contributed by atoms with van der Waals surface area (Å²) in [6.07, 6.45) is 0.674. The molecule has 20 heavy (non-hydrogen) atoms. The van der Waals surface area contributed by atoms with Crippen LogP contribution in [-0.4, -0.2) is 23.1 Å². The van der Waals surface area contributed by atoms with E-state index in [1.807, 2.05) is 19.9 Å². The first kappa shape index (κ1) is 16.8. The minimum absolute atomic E-state index is 0.135. The molecule has 3 N–H and O–H groups in total. The topological polar surface area (TPSA) is 78.4 Å². The number of amides is 2. The maximum atomic E-state index is 11.9. The van der Waals surface area contributed by atoms with Crippen LogP contribution in [0.1, 0.15) is 38.1 Å². The van der Waals surface area contributed by atoms with Gasteiger partial charge in [-0.15, -0.1) is 11.3 Å². The molecule has 0 saturated heterocycles. The Morgan fingerprint density at radius 3 is 2.45 bits per heavy atom. The molecule has 0 saturated carbocycles. The van der Waals surface area contributed by atoms with Crippen LogP contribution >= 0.6 is 22.9 Å². The highest BCUT2D eigenvalue weighted by Crippen LogP contribution is 2.26. The average molecular weight is 319 g/mol. The first-order valence-electron chi connectivity index (χ1n) is 6.40. The van der Waals surface area contributed by atoms with Crippen molar-refractivity contribution in [3.05, 3.63) is 21.3 Å². The van der Waals surface area contributed by atoms with Crippen LogP contribution in [0, 0.1) is 5.92 Å². The number of carbonyl (C=O) groups excluding carboxylic acids is 1. The van der Waals surface area contributed by atoms with Crippen molar-refractivity contribution in [2.45, 2.75) is 39.3 Å². The maximum absolute atomic E-state index is 11.9. The van der Waals surface area contributed by atoms with Crippen molar-refractivity contribution in [3.8, 4) is 0 Å². The lowest BCUT2D eigenvalue weighted by Gasteiger charge is -2.21. The van der Waals surface area contributed by atoms with Gasteiger partial charge in [-0.2, -0.15) is 0 Å². The van der Waals surface area contributed by atoms with Gasteiger partial charge in [0.05, 0.1) is 10.4 Å². The molecule has 2 unspecified atom stereocenters. The third kappa shape index (κ3) is 4.68. The minimum atomic E-state index is -1.03. The summed E-state index contributed by atoms with van der Waals surface area (Å²) in [4.78, 5) is 23.9. The van der Waals surface area contributed by atoms with E-state index in [0.717, 1.165) is 4.88 Å². The van der Waals surface area contributed by atoms with E-state index in [9.17, 15) is 9.59 Å². The van der Waals surface area contributed by atoms with Crippen LogP contribution in [0.4, 0.5) is 4.79 Å². The molecule has 0 aliphatic carbocycles. The van der Waals surface area contributed by atoms with Gasteiger partial charge in [0.25, 0.3) is 0 Å². The molecular formula is C13H19ClN2O3S. The predicted octanol–water partition coefficient (Wildman–Crippen LogP) is 3.26. The van der Waals surface area contributed by atoms with Gasteiger partial charge >= 0.3 is 12.0 Å². The van der Waals surface area contributed by atoms with Gasteiger partial charge in [-0.3, -0.25) is 0 Å². The van der Waals surface area contributed by atoms with Crippen molar-refractivity contribution >= 4 is 34.9 Å². The number of thiophene rings is 1. The third-order valence-electron chi connectivity index (χ3n) is 3.13. The lowest BCUT2D eigenvalue weighted by Crippen LogP contribution is -2.49. The lowest BCUT2D eigenvalue weighted by molar-refractivity contribution is -0.140. The zero-order chi connectivity index (χ0) is 15.3. The van der Waals surface area contributed by atoms with E-state index in [1.54, 1.807) is 13.0 Å². The predicted molar refractivity (Wildman–Crippen MR) is 80.3 cm³/mol. The minimum Gasteiger partial charge on any atom is -0.480 e. The zero-order valence-corrected chi connectivity index (χ0v) is 13.2. The molecule has 0 radical (unpaired) electrons. The van der Waals surface area contributed by atoms with Crippen LogP contribution in [0.2, 0.25) is 4.34 Å². The molecule has 1 aromatic rings. The van der Waals surface area contributed by atoms with Crippen molar-refractivity contribution in [1.82, 2.24) is 10.6 Å². The SMILES string of the molecule is CCC(C)[C@H](NC(=O)NC(C)c1ccc(Cl)s1)C(=O)O. The van der Waals surface area contributed by atoms with E-state index >= 15 is 0 Å². The number of halogens is 1. The number of rotatable bonds is 6. The number of carbonyl (C=O) groups is 2. The van der Waals surface area contributed by atoms with Crippen LogP contribution in [0.5, 0.6) is 0 Å². The van der Waals surface area contributed by atoms with Gasteiger partial charge in [0, 0.05) is 4.88 Å². The Bertz CT molecular complexity index is 478. The van der Waals surface area contributed by atoms with Gasteiger partial charge in [-0.05, 0) is 25.0 Å². The van der Waals surface area contributed by atoms with Crippen molar-refractivity contribution in [1.29, 1.82) is 0 Å². The molecule has 0 aromatic carbocycles. The summed E-state index contributed by atoms with van der Waals surface area (Å²) in [5.74, 6) is -1.16. The number of aliphatic carboxylic acids is 1. The fourth-order valence-corrected chi connectivity index (χ4v) is 2.76. The highest BCUT2D eigenvalue weighted by molar-refractivity contribution is 7.16. The van der Waals surface area contributed by atoms with Crippen molar-refractivity contribution < 1.29 is 14.7 Å². The molecule has 0 aliphatic rings. The third-order valence-corrected chi connectivity index (χ3v) is 4.55. The van der Waals surface area contributed by atoms with Crippen LogP contribution in [0.15, 0.2) is 12.1 Å². The molecule has 0 fully saturated rings. The molecule has 2 amide bonds. The fourth-order valence-electron chi connectivity index (χ4n) is 1.69. The average Bonchev–Trinajstić information content (AvgIpc) is 2.81. The van der Waals surface area contributed by atoms with Crippen molar-refractivity contribution in [3.63, 3.8) is 0 Å². The highest BCUT2D eigenvalue weighted by Gasteiger charge is 2.25. The quantitative estimate of drug-likeness (QED) is 0.753. The van der Waals surface area contributed by atoms with Crippen LogP contribution < -0.4 is 10.6 Å². The van der Waals surface area contributed by atoms with E-state index in [2.05, 4.69) is 10.6 Å². The van der Waals surface area contributed by atoms with E-state index in [0.29, 0.717) is 10.8 Å². The Morgan fingerprint density at radius 2 is 2.00 bits per heavy atom. The Labute approximate surface area is 127 Å². The molecular weight excluding hydrogens is 300 g/mol. The molecule has 0 spiro atoms. The van der Waals surface area contributed by atoms with Gasteiger partial charge < -0.3 is 15.7 Å². The Hall–Kier alpha value is -1.27. The number of urea groups is 1. The molecule has 1 heterocycles. The summed E-state index contributed by atoms with van der Waals surface area (Å²) in [5, 5.41) is 14.3. The lowest BCUT2D eigenvalue weighted by atomic mass is 9.99. The van der Waals surface area contributed by atoms with E-state index in [-0.39, 0.29) is 12.0 Å². The molecule has 3 atom stereocenters. The summed E-state index contributed by atoms with van der Waals surface area (Å²) < 4.78 is 0.650. The normalized spacial score (nSPS) is 15.2. The fraction of sp³-hybridized carbons (Fsp3) is 0.538. The van der Waals surface area contributed by atoms with Gasteiger partial charge in [0.2, 0.25) is 0 Å². The smallest absolute Gasteiger partial charge is 0.326 e. The molecule has 0 bridgehead atoms. The zero-order valence-electron chi connectivity index (χ0n) is 11.6. The number of hydrogen-bond donors (Lipinski definition) is 3. The molecule has 0 aliphatic heterocycles. The number of carboxylic acid groups (broad SMARTS) is 1. The second kappa shape index (κ2) is 7.50. The van der Waals surface area contributed by atoms with Crippen molar-refractivity contribution in [2.75, 3.05) is 0 Å². The first-order valence-corrected chi connectivity index (χ1v) is 7.59. The summed E-state index contributed by atoms with van der Waals surface area (Å²) in [6.45, 7) is 5.50. The second-order valence-corrected chi connectivity index (χ2v) is 6.43. The Kier molecular flexibility index (Phi) is 6.29. The van der Waals surface area contributed by atoms with Gasteiger partial charge in [-0.25, -0.2) is 9.59 Å². The van der Waals surface area contributed by atoms with E-state index < -0.39 is 18.0 Å².